The predicted octanol–water partition coefficient (Wildman–Crippen LogP) is 3.68. The highest BCUT2D eigenvalue weighted by molar-refractivity contribution is 9.10. The van der Waals surface area contributed by atoms with Crippen molar-refractivity contribution in [2.45, 2.75) is 30.7 Å². The van der Waals surface area contributed by atoms with E-state index in [9.17, 15) is 4.79 Å². The first kappa shape index (κ1) is 17.0. The Morgan fingerprint density at radius 1 is 1.36 bits per heavy atom. The van der Waals surface area contributed by atoms with Crippen LogP contribution in [0, 0.1) is 0 Å². The van der Waals surface area contributed by atoms with Crippen molar-refractivity contribution in [1.82, 2.24) is 14.8 Å². The number of hydrogen-bond acceptors (Lipinski definition) is 5. The molecule has 1 heterocycles. The number of nitrogens with zero attached hydrogens (tertiary/aromatic N) is 3. The van der Waals surface area contributed by atoms with Crippen LogP contribution in [0.1, 0.15) is 20.3 Å². The number of benzene rings is 1. The molecule has 0 bridgehead atoms. The van der Waals surface area contributed by atoms with Crippen molar-refractivity contribution in [3.05, 3.63) is 28.7 Å². The van der Waals surface area contributed by atoms with E-state index in [4.69, 9.17) is 4.74 Å². The molecule has 2 rings (SSSR count). The van der Waals surface area contributed by atoms with Gasteiger partial charge in [0.25, 0.3) is 0 Å². The van der Waals surface area contributed by atoms with Gasteiger partial charge in [0.05, 0.1) is 6.61 Å². The summed E-state index contributed by atoms with van der Waals surface area (Å²) in [4.78, 5) is 11.9. The molecule has 22 heavy (non-hydrogen) atoms. The summed E-state index contributed by atoms with van der Waals surface area (Å²) >= 11 is 4.91. The number of aromatic nitrogens is 3. The summed E-state index contributed by atoms with van der Waals surface area (Å²) in [6.45, 7) is 4.15. The topological polar surface area (TPSA) is 57.0 Å². The summed E-state index contributed by atoms with van der Waals surface area (Å²) in [6.07, 6.45) is 0.681. The number of carbonyl (C=O) groups is 1. The summed E-state index contributed by atoms with van der Waals surface area (Å²) in [6, 6.07) is 7.85. The van der Waals surface area contributed by atoms with Gasteiger partial charge in [0.2, 0.25) is 0 Å². The van der Waals surface area contributed by atoms with Gasteiger partial charge in [-0.1, -0.05) is 52.8 Å². The normalized spacial score (nSPS) is 12.2. The SMILES string of the molecule is CCOC(=O)[C@@H](CC)Sc1nnc(-c2ccccc2Br)n1C. The minimum absolute atomic E-state index is 0.208. The van der Waals surface area contributed by atoms with Crippen LogP contribution in [0.5, 0.6) is 0 Å². The predicted molar refractivity (Wildman–Crippen MR) is 90.7 cm³/mol. The van der Waals surface area contributed by atoms with E-state index in [2.05, 4.69) is 26.1 Å². The number of esters is 1. The van der Waals surface area contributed by atoms with Gasteiger partial charge in [-0.05, 0) is 19.4 Å². The Balaban J connectivity index is 2.24. The molecule has 0 aliphatic heterocycles. The van der Waals surface area contributed by atoms with Crippen molar-refractivity contribution in [3.8, 4) is 11.4 Å². The molecule has 1 atom stereocenters. The minimum Gasteiger partial charge on any atom is -0.465 e. The van der Waals surface area contributed by atoms with E-state index in [1.165, 1.54) is 11.8 Å². The maximum Gasteiger partial charge on any atom is 0.319 e. The second-order valence-electron chi connectivity index (χ2n) is 4.61. The number of thioether (sulfide) groups is 1. The van der Waals surface area contributed by atoms with Gasteiger partial charge in [-0.25, -0.2) is 0 Å². The second kappa shape index (κ2) is 7.78. The van der Waals surface area contributed by atoms with Crippen LogP contribution in [0.4, 0.5) is 0 Å². The fourth-order valence-corrected chi connectivity index (χ4v) is 3.34. The van der Waals surface area contributed by atoms with Crippen LogP contribution in [0.2, 0.25) is 0 Å². The molecule has 1 aromatic heterocycles. The first-order valence-electron chi connectivity index (χ1n) is 7.06. The molecule has 2 aromatic rings. The molecule has 0 aliphatic rings. The van der Waals surface area contributed by atoms with E-state index in [1.54, 1.807) is 0 Å². The van der Waals surface area contributed by atoms with Crippen molar-refractivity contribution in [2.24, 2.45) is 7.05 Å². The molecule has 0 spiro atoms. The van der Waals surface area contributed by atoms with E-state index in [0.29, 0.717) is 18.2 Å². The fourth-order valence-electron chi connectivity index (χ4n) is 1.96. The first-order chi connectivity index (χ1) is 10.6. The van der Waals surface area contributed by atoms with Gasteiger partial charge in [0.15, 0.2) is 11.0 Å². The van der Waals surface area contributed by atoms with Crippen LogP contribution in [0.25, 0.3) is 11.4 Å². The fraction of sp³-hybridized carbons (Fsp3) is 0.400. The Hall–Kier alpha value is -1.34. The molecule has 0 saturated heterocycles. The molecule has 0 saturated carbocycles. The molecule has 0 N–H and O–H groups in total. The van der Waals surface area contributed by atoms with Crippen molar-refractivity contribution >= 4 is 33.7 Å². The van der Waals surface area contributed by atoms with E-state index < -0.39 is 0 Å². The van der Waals surface area contributed by atoms with Crippen molar-refractivity contribution in [3.63, 3.8) is 0 Å². The van der Waals surface area contributed by atoms with Crippen LogP contribution in [0.15, 0.2) is 33.9 Å². The molecule has 0 aliphatic carbocycles. The van der Waals surface area contributed by atoms with Crippen LogP contribution in [-0.4, -0.2) is 32.6 Å². The smallest absolute Gasteiger partial charge is 0.319 e. The van der Waals surface area contributed by atoms with Crippen molar-refractivity contribution in [2.75, 3.05) is 6.61 Å². The number of ether oxygens (including phenoxy) is 1. The van der Waals surface area contributed by atoms with Gasteiger partial charge >= 0.3 is 5.97 Å². The third kappa shape index (κ3) is 3.70. The monoisotopic (exact) mass is 383 g/mol. The molecule has 0 radical (unpaired) electrons. The lowest BCUT2D eigenvalue weighted by Gasteiger charge is -2.12. The van der Waals surface area contributed by atoms with E-state index in [-0.39, 0.29) is 11.2 Å². The highest BCUT2D eigenvalue weighted by Gasteiger charge is 2.23. The highest BCUT2D eigenvalue weighted by atomic mass is 79.9. The highest BCUT2D eigenvalue weighted by Crippen LogP contribution is 2.30. The van der Waals surface area contributed by atoms with E-state index in [0.717, 1.165) is 15.9 Å². The Kier molecular flexibility index (Phi) is 6.02. The van der Waals surface area contributed by atoms with Gasteiger partial charge in [0.1, 0.15) is 5.25 Å². The molecule has 0 unspecified atom stereocenters. The molecule has 118 valence electrons. The van der Waals surface area contributed by atoms with Crippen LogP contribution in [0.3, 0.4) is 0 Å². The quantitative estimate of drug-likeness (QED) is 0.562. The zero-order valence-corrected chi connectivity index (χ0v) is 15.1. The Labute approximate surface area is 142 Å². The van der Waals surface area contributed by atoms with Crippen molar-refractivity contribution < 1.29 is 9.53 Å². The molecule has 5 nitrogen and oxygen atoms in total. The maximum absolute atomic E-state index is 11.9. The van der Waals surface area contributed by atoms with E-state index >= 15 is 0 Å². The summed E-state index contributed by atoms with van der Waals surface area (Å²) in [5, 5.41) is 8.89. The van der Waals surface area contributed by atoms with Gasteiger partial charge in [-0.2, -0.15) is 0 Å². The lowest BCUT2D eigenvalue weighted by Crippen LogP contribution is -2.20. The molecule has 1 aromatic carbocycles. The summed E-state index contributed by atoms with van der Waals surface area (Å²) < 4.78 is 7.95. The van der Waals surface area contributed by atoms with E-state index in [1.807, 2.05) is 49.7 Å². The largest absolute Gasteiger partial charge is 0.465 e. The van der Waals surface area contributed by atoms with Crippen LogP contribution in [-0.2, 0) is 16.6 Å². The lowest BCUT2D eigenvalue weighted by atomic mass is 10.2. The average molecular weight is 384 g/mol. The average Bonchev–Trinajstić information content (AvgIpc) is 2.86. The Morgan fingerprint density at radius 2 is 2.09 bits per heavy atom. The summed E-state index contributed by atoms with van der Waals surface area (Å²) in [5.74, 6) is 0.550. The molecule has 0 amide bonds. The van der Waals surface area contributed by atoms with Gasteiger partial charge in [-0.3, -0.25) is 4.79 Å². The summed E-state index contributed by atoms with van der Waals surface area (Å²) in [7, 11) is 1.90. The van der Waals surface area contributed by atoms with Crippen LogP contribution < -0.4 is 0 Å². The molecule has 0 fully saturated rings. The summed E-state index contributed by atoms with van der Waals surface area (Å²) in [5.41, 5.74) is 0.966. The second-order valence-corrected chi connectivity index (χ2v) is 6.64. The third-order valence-corrected chi connectivity index (χ3v) is 5.19. The Morgan fingerprint density at radius 3 is 2.73 bits per heavy atom. The molecular formula is C15H18BrN3O2S. The van der Waals surface area contributed by atoms with Crippen molar-refractivity contribution in [1.29, 1.82) is 0 Å². The zero-order valence-electron chi connectivity index (χ0n) is 12.7. The number of hydrogen-bond donors (Lipinski definition) is 0. The molecular weight excluding hydrogens is 366 g/mol. The zero-order chi connectivity index (χ0) is 16.1. The lowest BCUT2D eigenvalue weighted by molar-refractivity contribution is -0.142. The van der Waals surface area contributed by atoms with Gasteiger partial charge in [0, 0.05) is 17.1 Å². The number of halogens is 1. The van der Waals surface area contributed by atoms with Gasteiger partial charge in [-0.15, -0.1) is 10.2 Å². The maximum atomic E-state index is 11.9. The molecule has 7 heteroatoms. The number of carbonyl (C=O) groups excluding carboxylic acids is 1. The number of rotatable bonds is 6. The Bertz CT molecular complexity index is 660. The third-order valence-electron chi connectivity index (χ3n) is 3.12. The standard InChI is InChI=1S/C15H18BrN3O2S/c1-4-12(14(20)21-5-2)22-15-18-17-13(19(15)3)10-8-6-7-9-11(10)16/h6-9,12H,4-5H2,1-3H3/t12-/m1/s1. The van der Waals surface area contributed by atoms with Gasteiger partial charge < -0.3 is 9.30 Å². The first-order valence-corrected chi connectivity index (χ1v) is 8.73. The van der Waals surface area contributed by atoms with Crippen LogP contribution >= 0.6 is 27.7 Å². The minimum atomic E-state index is -0.269.